The molecule has 2 aliphatic heterocycles. The van der Waals surface area contributed by atoms with E-state index in [-0.39, 0.29) is 30.1 Å². The molecule has 1 aromatic carbocycles. The van der Waals surface area contributed by atoms with Gasteiger partial charge in [-0.25, -0.2) is 0 Å². The number of hydrogen-bond donors (Lipinski definition) is 2. The van der Waals surface area contributed by atoms with Crippen LogP contribution in [0.5, 0.6) is 5.75 Å². The molecule has 0 aromatic heterocycles. The lowest BCUT2D eigenvalue weighted by molar-refractivity contribution is -0.275. The van der Waals surface area contributed by atoms with Crippen LogP contribution < -0.4 is 0 Å². The van der Waals surface area contributed by atoms with Crippen molar-refractivity contribution in [2.75, 3.05) is 20.3 Å². The molecule has 7 nitrogen and oxygen atoms in total. The standard InChI is InChI=1S/C21H27NO6/c1-3-8-22-19(24)15-9-13(11-27-2)21(26)16(18(15)20(22)25)10-17(28-21)12-4-6-14(23)7-5-12/h4-7,13,15-18,23,26H,3,8-11H2,1-2H3/t13-,15+,16+,17+,18+,21-/m1/s1. The van der Waals surface area contributed by atoms with Crippen molar-refractivity contribution in [3.8, 4) is 5.75 Å². The van der Waals surface area contributed by atoms with Crippen LogP contribution in [-0.2, 0) is 19.1 Å². The van der Waals surface area contributed by atoms with Gasteiger partial charge < -0.3 is 19.7 Å². The van der Waals surface area contributed by atoms with Crippen molar-refractivity contribution in [3.05, 3.63) is 29.8 Å². The van der Waals surface area contributed by atoms with Crippen molar-refractivity contribution in [1.82, 2.24) is 4.90 Å². The molecular formula is C21H27NO6. The zero-order chi connectivity index (χ0) is 20.1. The number of fused-ring (bicyclic) bond motifs is 3. The summed E-state index contributed by atoms with van der Waals surface area (Å²) in [6, 6.07) is 6.67. The molecular weight excluding hydrogens is 362 g/mol. The first kappa shape index (κ1) is 19.4. The molecule has 1 saturated carbocycles. The fraction of sp³-hybridized carbons (Fsp3) is 0.619. The molecule has 7 heteroatoms. The Hall–Kier alpha value is -1.96. The smallest absolute Gasteiger partial charge is 0.233 e. The first-order valence-corrected chi connectivity index (χ1v) is 9.94. The van der Waals surface area contributed by atoms with Crippen LogP contribution >= 0.6 is 0 Å². The quantitative estimate of drug-likeness (QED) is 0.746. The van der Waals surface area contributed by atoms with Gasteiger partial charge in [0.1, 0.15) is 5.75 Å². The van der Waals surface area contributed by atoms with Gasteiger partial charge in [-0.05, 0) is 37.0 Å². The van der Waals surface area contributed by atoms with Crippen LogP contribution in [0.2, 0.25) is 0 Å². The lowest BCUT2D eigenvalue weighted by Gasteiger charge is -2.44. The summed E-state index contributed by atoms with van der Waals surface area (Å²) in [5.74, 6) is -3.52. The molecule has 1 aromatic rings. The van der Waals surface area contributed by atoms with Gasteiger partial charge in [-0.1, -0.05) is 19.1 Å². The van der Waals surface area contributed by atoms with Gasteiger partial charge in [0.15, 0.2) is 5.79 Å². The molecule has 1 aliphatic carbocycles. The van der Waals surface area contributed by atoms with E-state index in [1.54, 1.807) is 31.4 Å². The number of nitrogens with zero attached hydrogens (tertiary/aromatic N) is 1. The van der Waals surface area contributed by atoms with Gasteiger partial charge in [0.25, 0.3) is 0 Å². The third-order valence-corrected chi connectivity index (χ3v) is 6.54. The van der Waals surface area contributed by atoms with Crippen molar-refractivity contribution in [1.29, 1.82) is 0 Å². The largest absolute Gasteiger partial charge is 0.508 e. The molecule has 2 amide bonds. The van der Waals surface area contributed by atoms with Gasteiger partial charge >= 0.3 is 0 Å². The number of methoxy groups -OCH3 is 1. The molecule has 3 fully saturated rings. The Morgan fingerprint density at radius 2 is 1.93 bits per heavy atom. The number of aromatic hydroxyl groups is 1. The lowest BCUT2D eigenvalue weighted by Crippen LogP contribution is -2.54. The number of benzene rings is 1. The SMILES string of the molecule is CCCN1C(=O)[C@H]2[C@H](C[C@H](COC)[C@@]3(O)O[C@H](c4ccc(O)cc4)C[C@@H]23)C1=O. The van der Waals surface area contributed by atoms with Crippen molar-refractivity contribution in [2.24, 2.45) is 23.7 Å². The Morgan fingerprint density at radius 1 is 1.21 bits per heavy atom. The molecule has 0 radical (unpaired) electrons. The van der Waals surface area contributed by atoms with E-state index in [0.717, 1.165) is 5.56 Å². The maximum absolute atomic E-state index is 13.1. The number of aliphatic hydroxyl groups is 1. The molecule has 2 saturated heterocycles. The number of phenolic OH excluding ortho intramolecular Hbond substituents is 1. The Balaban J connectivity index is 1.69. The Labute approximate surface area is 164 Å². The molecule has 28 heavy (non-hydrogen) atoms. The average molecular weight is 389 g/mol. The predicted octanol–water partition coefficient (Wildman–Crippen LogP) is 1.84. The highest BCUT2D eigenvalue weighted by molar-refractivity contribution is 6.05. The van der Waals surface area contributed by atoms with Crippen LogP contribution in [-0.4, -0.2) is 53.0 Å². The summed E-state index contributed by atoms with van der Waals surface area (Å²) in [6.45, 7) is 2.60. The van der Waals surface area contributed by atoms with Crippen LogP contribution in [0.4, 0.5) is 0 Å². The zero-order valence-electron chi connectivity index (χ0n) is 16.2. The summed E-state index contributed by atoms with van der Waals surface area (Å²) in [5.41, 5.74) is 0.829. The molecule has 0 spiro atoms. The third-order valence-electron chi connectivity index (χ3n) is 6.54. The van der Waals surface area contributed by atoms with Gasteiger partial charge in [-0.2, -0.15) is 0 Å². The fourth-order valence-electron chi connectivity index (χ4n) is 5.28. The van der Waals surface area contributed by atoms with Crippen LogP contribution in [0.1, 0.15) is 37.9 Å². The third kappa shape index (κ3) is 2.84. The summed E-state index contributed by atoms with van der Waals surface area (Å²) in [4.78, 5) is 27.3. The number of carbonyl (C=O) groups is 2. The van der Waals surface area contributed by atoms with Gasteiger partial charge in [-0.15, -0.1) is 0 Å². The van der Waals surface area contributed by atoms with Gasteiger partial charge in [0, 0.05) is 25.5 Å². The van der Waals surface area contributed by atoms with Crippen LogP contribution in [0.25, 0.3) is 0 Å². The Kier molecular flexibility index (Phi) is 4.93. The number of phenols is 1. The van der Waals surface area contributed by atoms with E-state index in [1.807, 2.05) is 6.92 Å². The molecule has 2 N–H and O–H groups in total. The molecule has 6 atom stereocenters. The number of rotatable bonds is 5. The van der Waals surface area contributed by atoms with Crippen molar-refractivity contribution < 1.29 is 29.3 Å². The number of likely N-dealkylation sites (tertiary alicyclic amines) is 1. The van der Waals surface area contributed by atoms with E-state index in [4.69, 9.17) is 9.47 Å². The highest BCUT2D eigenvalue weighted by Gasteiger charge is 2.66. The monoisotopic (exact) mass is 389 g/mol. The number of amides is 2. The summed E-state index contributed by atoms with van der Waals surface area (Å²) in [5, 5.41) is 21.1. The van der Waals surface area contributed by atoms with Gasteiger partial charge in [0.2, 0.25) is 11.8 Å². The van der Waals surface area contributed by atoms with E-state index < -0.39 is 29.6 Å². The van der Waals surface area contributed by atoms with Crippen LogP contribution in [0, 0.1) is 23.7 Å². The molecule has 152 valence electrons. The average Bonchev–Trinajstić information content (AvgIpc) is 3.14. The summed E-state index contributed by atoms with van der Waals surface area (Å²) < 4.78 is 11.5. The lowest BCUT2D eigenvalue weighted by atomic mass is 9.64. The summed E-state index contributed by atoms with van der Waals surface area (Å²) >= 11 is 0. The fourth-order valence-corrected chi connectivity index (χ4v) is 5.28. The van der Waals surface area contributed by atoms with E-state index in [9.17, 15) is 19.8 Å². The molecule has 0 unspecified atom stereocenters. The number of ether oxygens (including phenoxy) is 2. The van der Waals surface area contributed by atoms with Crippen molar-refractivity contribution in [3.63, 3.8) is 0 Å². The highest BCUT2D eigenvalue weighted by Crippen LogP contribution is 2.58. The van der Waals surface area contributed by atoms with Gasteiger partial charge in [0.05, 0.1) is 24.5 Å². The maximum atomic E-state index is 13.1. The molecule has 4 rings (SSSR count). The topological polar surface area (TPSA) is 96.3 Å². The summed E-state index contributed by atoms with van der Waals surface area (Å²) in [7, 11) is 1.56. The van der Waals surface area contributed by atoms with E-state index >= 15 is 0 Å². The number of imide groups is 1. The second kappa shape index (κ2) is 7.13. The minimum atomic E-state index is -1.52. The van der Waals surface area contributed by atoms with E-state index in [2.05, 4.69) is 0 Å². The molecule has 2 heterocycles. The first-order chi connectivity index (χ1) is 13.4. The van der Waals surface area contributed by atoms with Crippen LogP contribution in [0.3, 0.4) is 0 Å². The first-order valence-electron chi connectivity index (χ1n) is 9.94. The maximum Gasteiger partial charge on any atom is 0.233 e. The number of hydrogen-bond acceptors (Lipinski definition) is 6. The van der Waals surface area contributed by atoms with Crippen molar-refractivity contribution in [2.45, 2.75) is 38.1 Å². The van der Waals surface area contributed by atoms with E-state index in [1.165, 1.54) is 4.90 Å². The second-order valence-electron chi connectivity index (χ2n) is 8.14. The minimum absolute atomic E-state index is 0.131. The number of carbonyl (C=O) groups excluding carboxylic acids is 2. The zero-order valence-corrected chi connectivity index (χ0v) is 16.2. The normalized spacial score (nSPS) is 37.2. The predicted molar refractivity (Wildman–Crippen MR) is 99.0 cm³/mol. The second-order valence-corrected chi connectivity index (χ2v) is 8.14. The molecule has 0 bridgehead atoms. The highest BCUT2D eigenvalue weighted by atomic mass is 16.6. The summed E-state index contributed by atoms with van der Waals surface area (Å²) in [6.07, 6.45) is 1.12. The van der Waals surface area contributed by atoms with Crippen molar-refractivity contribution >= 4 is 11.8 Å². The van der Waals surface area contributed by atoms with Crippen LogP contribution in [0.15, 0.2) is 24.3 Å². The van der Waals surface area contributed by atoms with Gasteiger partial charge in [-0.3, -0.25) is 14.5 Å². The Morgan fingerprint density at radius 3 is 2.57 bits per heavy atom. The van der Waals surface area contributed by atoms with E-state index in [0.29, 0.717) is 25.8 Å². The Bertz CT molecular complexity index is 765. The minimum Gasteiger partial charge on any atom is -0.508 e. The molecule has 3 aliphatic rings.